The summed E-state index contributed by atoms with van der Waals surface area (Å²) in [6.07, 6.45) is 1.71. The second-order valence-electron chi connectivity index (χ2n) is 3.27. The third kappa shape index (κ3) is 2.22. The quantitative estimate of drug-likeness (QED) is 0.836. The van der Waals surface area contributed by atoms with Gasteiger partial charge in [-0.05, 0) is 12.1 Å². The van der Waals surface area contributed by atoms with Crippen molar-refractivity contribution in [1.29, 1.82) is 0 Å². The van der Waals surface area contributed by atoms with Crippen molar-refractivity contribution in [3.63, 3.8) is 0 Å². The van der Waals surface area contributed by atoms with Gasteiger partial charge in [0.15, 0.2) is 5.15 Å². The highest BCUT2D eigenvalue weighted by Crippen LogP contribution is 2.12. The lowest BCUT2D eigenvalue weighted by Gasteiger charge is -2.03. The van der Waals surface area contributed by atoms with Gasteiger partial charge in [-0.2, -0.15) is 5.10 Å². The van der Waals surface area contributed by atoms with E-state index in [1.54, 1.807) is 30.1 Å². The molecule has 0 aliphatic heterocycles. The predicted octanol–water partition coefficient (Wildman–Crippen LogP) is 1.06. The maximum Gasteiger partial charge on any atom is 0.151 e. The van der Waals surface area contributed by atoms with Crippen LogP contribution in [0.25, 0.3) is 0 Å². The molecular formula is C9H11ClN6. The molecule has 2 aromatic rings. The predicted molar refractivity (Wildman–Crippen MR) is 62.0 cm³/mol. The first-order chi connectivity index (χ1) is 7.66. The van der Waals surface area contributed by atoms with Crippen molar-refractivity contribution in [2.45, 2.75) is 6.54 Å². The molecule has 6 nitrogen and oxygen atoms in total. The molecule has 7 heteroatoms. The van der Waals surface area contributed by atoms with Gasteiger partial charge >= 0.3 is 0 Å². The Labute approximate surface area is 97.4 Å². The largest absolute Gasteiger partial charge is 0.384 e. The monoisotopic (exact) mass is 238 g/mol. The maximum absolute atomic E-state index is 5.79. The Kier molecular flexibility index (Phi) is 2.91. The number of aryl methyl sites for hydroxylation is 1. The van der Waals surface area contributed by atoms with Crippen LogP contribution in [0.1, 0.15) is 5.56 Å². The van der Waals surface area contributed by atoms with Gasteiger partial charge in [0.25, 0.3) is 0 Å². The number of hydrogen-bond donors (Lipinski definition) is 2. The summed E-state index contributed by atoms with van der Waals surface area (Å²) in [5.41, 5.74) is 6.71. The van der Waals surface area contributed by atoms with Crippen LogP contribution in [0, 0.1) is 0 Å². The summed E-state index contributed by atoms with van der Waals surface area (Å²) in [5, 5.41) is 15.1. The Balaban J connectivity index is 2.02. The number of nitrogens with two attached hydrogens (primary N) is 1. The number of aromatic nitrogens is 4. The molecule has 0 spiro atoms. The molecule has 2 heterocycles. The van der Waals surface area contributed by atoms with Gasteiger partial charge < -0.3 is 11.1 Å². The molecule has 0 atom stereocenters. The summed E-state index contributed by atoms with van der Waals surface area (Å²) < 4.78 is 1.62. The Morgan fingerprint density at radius 1 is 1.44 bits per heavy atom. The number of nitrogens with one attached hydrogen (secondary N) is 1. The van der Waals surface area contributed by atoms with Crippen molar-refractivity contribution in [2.75, 3.05) is 11.1 Å². The van der Waals surface area contributed by atoms with E-state index in [0.717, 1.165) is 5.56 Å². The molecule has 0 unspecified atom stereocenters. The van der Waals surface area contributed by atoms with E-state index in [1.165, 1.54) is 0 Å². The van der Waals surface area contributed by atoms with Crippen LogP contribution in [0.4, 0.5) is 11.6 Å². The molecular weight excluding hydrogens is 228 g/mol. The second-order valence-corrected chi connectivity index (χ2v) is 3.66. The Hall–Kier alpha value is -1.82. The molecule has 0 fully saturated rings. The molecule has 0 aliphatic carbocycles. The van der Waals surface area contributed by atoms with Gasteiger partial charge in [-0.25, -0.2) is 0 Å². The summed E-state index contributed by atoms with van der Waals surface area (Å²) in [5.74, 6) is 1.28. The molecule has 0 saturated carbocycles. The van der Waals surface area contributed by atoms with E-state index in [9.17, 15) is 0 Å². The lowest BCUT2D eigenvalue weighted by molar-refractivity contribution is 0.778. The number of anilines is 2. The molecule has 2 rings (SSSR count). The summed E-state index contributed by atoms with van der Waals surface area (Å²) >= 11 is 5.62. The zero-order chi connectivity index (χ0) is 11.5. The fraction of sp³-hybridized carbons (Fsp3) is 0.222. The Bertz CT molecular complexity index is 477. The topological polar surface area (TPSA) is 81.7 Å². The number of halogens is 1. The second kappa shape index (κ2) is 4.36. The highest BCUT2D eigenvalue weighted by Gasteiger charge is 2.04. The highest BCUT2D eigenvalue weighted by atomic mass is 35.5. The highest BCUT2D eigenvalue weighted by molar-refractivity contribution is 6.29. The van der Waals surface area contributed by atoms with Crippen LogP contribution < -0.4 is 11.1 Å². The zero-order valence-corrected chi connectivity index (χ0v) is 9.44. The van der Waals surface area contributed by atoms with Crippen LogP contribution in [-0.4, -0.2) is 20.0 Å². The Morgan fingerprint density at radius 2 is 2.25 bits per heavy atom. The molecule has 0 amide bonds. The average Bonchev–Trinajstić information content (AvgIpc) is 2.60. The van der Waals surface area contributed by atoms with Crippen LogP contribution in [-0.2, 0) is 13.6 Å². The van der Waals surface area contributed by atoms with Crippen molar-refractivity contribution in [3.05, 3.63) is 29.0 Å². The van der Waals surface area contributed by atoms with E-state index in [4.69, 9.17) is 17.3 Å². The summed E-state index contributed by atoms with van der Waals surface area (Å²) in [4.78, 5) is 0. The van der Waals surface area contributed by atoms with Crippen molar-refractivity contribution >= 4 is 23.2 Å². The maximum atomic E-state index is 5.79. The van der Waals surface area contributed by atoms with Crippen molar-refractivity contribution < 1.29 is 0 Å². The van der Waals surface area contributed by atoms with Gasteiger partial charge in [-0.3, -0.25) is 4.68 Å². The summed E-state index contributed by atoms with van der Waals surface area (Å²) in [6, 6.07) is 3.42. The molecule has 16 heavy (non-hydrogen) atoms. The fourth-order valence-electron chi connectivity index (χ4n) is 1.22. The molecule has 84 valence electrons. The average molecular weight is 239 g/mol. The normalized spacial score (nSPS) is 10.4. The van der Waals surface area contributed by atoms with Gasteiger partial charge in [-0.15, -0.1) is 10.2 Å². The molecule has 2 aromatic heterocycles. The van der Waals surface area contributed by atoms with Gasteiger partial charge in [0.05, 0.1) is 6.20 Å². The van der Waals surface area contributed by atoms with Crippen molar-refractivity contribution in [2.24, 2.45) is 7.05 Å². The van der Waals surface area contributed by atoms with E-state index in [2.05, 4.69) is 20.6 Å². The van der Waals surface area contributed by atoms with E-state index < -0.39 is 0 Å². The SMILES string of the molecule is Cn1ncc(CNc2ccc(Cl)nn2)c1N. The van der Waals surface area contributed by atoms with E-state index in [-0.39, 0.29) is 0 Å². The lowest BCUT2D eigenvalue weighted by Crippen LogP contribution is -2.05. The van der Waals surface area contributed by atoms with Gasteiger partial charge in [-0.1, -0.05) is 11.6 Å². The number of hydrogen-bond acceptors (Lipinski definition) is 5. The molecule has 3 N–H and O–H groups in total. The minimum atomic E-state index is 0.367. The minimum Gasteiger partial charge on any atom is -0.384 e. The summed E-state index contributed by atoms with van der Waals surface area (Å²) in [7, 11) is 1.79. The van der Waals surface area contributed by atoms with Crippen molar-refractivity contribution in [3.8, 4) is 0 Å². The van der Waals surface area contributed by atoms with Gasteiger partial charge in [0.2, 0.25) is 0 Å². The minimum absolute atomic E-state index is 0.367. The molecule has 0 radical (unpaired) electrons. The van der Waals surface area contributed by atoms with Crippen LogP contribution in [0.15, 0.2) is 18.3 Å². The Morgan fingerprint density at radius 3 is 2.81 bits per heavy atom. The van der Waals surface area contributed by atoms with E-state index >= 15 is 0 Å². The van der Waals surface area contributed by atoms with E-state index in [0.29, 0.717) is 23.3 Å². The van der Waals surface area contributed by atoms with Crippen LogP contribution >= 0.6 is 11.6 Å². The van der Waals surface area contributed by atoms with Gasteiger partial charge in [0, 0.05) is 19.2 Å². The third-order valence-electron chi connectivity index (χ3n) is 2.16. The van der Waals surface area contributed by atoms with Crippen LogP contribution in [0.2, 0.25) is 5.15 Å². The lowest BCUT2D eigenvalue weighted by atomic mass is 10.3. The molecule has 0 aromatic carbocycles. The van der Waals surface area contributed by atoms with Crippen LogP contribution in [0.5, 0.6) is 0 Å². The zero-order valence-electron chi connectivity index (χ0n) is 8.68. The first-order valence-corrected chi connectivity index (χ1v) is 5.04. The van der Waals surface area contributed by atoms with Crippen LogP contribution in [0.3, 0.4) is 0 Å². The van der Waals surface area contributed by atoms with E-state index in [1.807, 2.05) is 0 Å². The molecule has 0 bridgehead atoms. The fourth-order valence-corrected chi connectivity index (χ4v) is 1.33. The molecule has 0 aliphatic rings. The summed E-state index contributed by atoms with van der Waals surface area (Å²) in [6.45, 7) is 0.552. The smallest absolute Gasteiger partial charge is 0.151 e. The standard InChI is InChI=1S/C9H11ClN6/c1-16-9(11)6(5-13-16)4-12-8-3-2-7(10)14-15-8/h2-3,5H,4,11H2,1H3,(H,12,15). The number of rotatable bonds is 3. The van der Waals surface area contributed by atoms with Crippen molar-refractivity contribution in [1.82, 2.24) is 20.0 Å². The number of nitrogens with zero attached hydrogens (tertiary/aromatic N) is 4. The first kappa shape index (κ1) is 10.7. The molecule has 0 saturated heterocycles. The van der Waals surface area contributed by atoms with Gasteiger partial charge in [0.1, 0.15) is 11.6 Å². The first-order valence-electron chi connectivity index (χ1n) is 4.66. The number of nitrogen functional groups attached to an aromatic ring is 1. The third-order valence-corrected chi connectivity index (χ3v) is 2.36.